The molecule has 10 nitrogen and oxygen atoms in total. The number of phenols is 1. The summed E-state index contributed by atoms with van der Waals surface area (Å²) in [6.07, 6.45) is 19.9. The molecule has 3 atom stereocenters. The number of fused-ring (bicyclic) bond motifs is 3. The fourth-order valence-corrected chi connectivity index (χ4v) is 11.3. The van der Waals surface area contributed by atoms with Gasteiger partial charge in [-0.1, -0.05) is 18.4 Å². The molecule has 0 radical (unpaired) electrons. The molecule has 4 aromatic rings. The number of pyridine rings is 1. The highest BCUT2D eigenvalue weighted by Crippen LogP contribution is 2.52. The summed E-state index contributed by atoms with van der Waals surface area (Å²) in [5.74, 6) is 1.16. The SMILES string of the molecule is C#Cc1c(F)ccc2cc(O)cc(-c3nc(OC)c4c(N5CCC[C@@](C)(O)C5)nc(OC[C@]56CCC[C@H]5N(C5CCC7(CCOCC7)CC5)CCC6)nc4c3F)c12. The number of terminal acetylenes is 1. The van der Waals surface area contributed by atoms with E-state index in [1.165, 1.54) is 69.9 Å². The molecule has 0 bridgehead atoms. The number of halogens is 2. The number of hydrogen-bond acceptors (Lipinski definition) is 10. The Morgan fingerprint density at radius 2 is 1.72 bits per heavy atom. The average Bonchev–Trinajstić information content (AvgIpc) is 3.65. The summed E-state index contributed by atoms with van der Waals surface area (Å²) in [6.45, 7) is 5.89. The second-order valence-corrected chi connectivity index (χ2v) is 17.8. The van der Waals surface area contributed by atoms with Gasteiger partial charge in [-0.25, -0.2) is 13.8 Å². The first kappa shape index (κ1) is 38.2. The first-order chi connectivity index (χ1) is 27.5. The summed E-state index contributed by atoms with van der Waals surface area (Å²) in [5, 5.41) is 22.8. The van der Waals surface area contributed by atoms with Crippen LogP contribution in [-0.4, -0.2) is 94.3 Å². The molecule has 2 aromatic carbocycles. The lowest BCUT2D eigenvalue weighted by Gasteiger charge is -2.52. The van der Waals surface area contributed by atoms with Gasteiger partial charge in [0.15, 0.2) is 5.82 Å². The van der Waals surface area contributed by atoms with E-state index in [1.54, 1.807) is 6.92 Å². The van der Waals surface area contributed by atoms with Crippen molar-refractivity contribution < 1.29 is 33.2 Å². The van der Waals surface area contributed by atoms with Crippen molar-refractivity contribution in [2.45, 2.75) is 108 Å². The number of likely N-dealkylation sites (tertiary alicyclic amines) is 1. The zero-order chi connectivity index (χ0) is 39.5. The van der Waals surface area contributed by atoms with Crippen LogP contribution in [0.2, 0.25) is 0 Å². The average molecular weight is 782 g/mol. The van der Waals surface area contributed by atoms with Crippen LogP contribution in [0, 0.1) is 34.8 Å². The first-order valence-corrected chi connectivity index (χ1v) is 20.8. The molecule has 5 heterocycles. The van der Waals surface area contributed by atoms with E-state index in [-0.39, 0.29) is 62.7 Å². The molecular weight excluding hydrogens is 729 g/mol. The second kappa shape index (κ2) is 14.8. The topological polar surface area (TPSA) is 113 Å². The molecule has 2 aliphatic carbocycles. The van der Waals surface area contributed by atoms with E-state index < -0.39 is 17.2 Å². The normalized spacial score (nSPS) is 26.8. The molecule has 0 unspecified atom stereocenters. The molecule has 2 saturated carbocycles. The number of nitrogens with zero attached hydrogens (tertiary/aromatic N) is 5. The van der Waals surface area contributed by atoms with Gasteiger partial charge in [0.1, 0.15) is 34.0 Å². The number of benzene rings is 2. The zero-order valence-electron chi connectivity index (χ0n) is 33.1. The highest BCUT2D eigenvalue weighted by atomic mass is 19.1. The number of ether oxygens (including phenoxy) is 3. The number of aliphatic hydroxyl groups is 1. The molecule has 57 heavy (non-hydrogen) atoms. The third-order valence-electron chi connectivity index (χ3n) is 14.2. The third-order valence-corrected chi connectivity index (χ3v) is 14.2. The van der Waals surface area contributed by atoms with Crippen molar-refractivity contribution >= 4 is 27.5 Å². The predicted octanol–water partition coefficient (Wildman–Crippen LogP) is 7.92. The van der Waals surface area contributed by atoms with Crippen molar-refractivity contribution in [2.75, 3.05) is 51.5 Å². The van der Waals surface area contributed by atoms with Crippen LogP contribution in [0.15, 0.2) is 24.3 Å². The number of methoxy groups -OCH3 is 1. The van der Waals surface area contributed by atoms with E-state index in [1.807, 2.05) is 4.90 Å². The van der Waals surface area contributed by atoms with Gasteiger partial charge in [-0.05, 0) is 120 Å². The predicted molar refractivity (Wildman–Crippen MR) is 215 cm³/mol. The Hall–Kier alpha value is -4.31. The van der Waals surface area contributed by atoms with Crippen LogP contribution in [0.1, 0.15) is 96.0 Å². The summed E-state index contributed by atoms with van der Waals surface area (Å²) in [4.78, 5) is 19.1. The van der Waals surface area contributed by atoms with Crippen molar-refractivity contribution in [3.8, 4) is 41.2 Å². The van der Waals surface area contributed by atoms with Gasteiger partial charge in [0, 0.05) is 54.8 Å². The molecule has 12 heteroatoms. The summed E-state index contributed by atoms with van der Waals surface area (Å²) in [5.41, 5.74) is -0.906. The van der Waals surface area contributed by atoms with Crippen molar-refractivity contribution in [1.82, 2.24) is 19.9 Å². The number of rotatable bonds is 7. The number of piperidine rings is 2. The van der Waals surface area contributed by atoms with Crippen LogP contribution in [0.4, 0.5) is 14.6 Å². The first-order valence-electron chi connectivity index (χ1n) is 20.8. The molecule has 5 fully saturated rings. The summed E-state index contributed by atoms with van der Waals surface area (Å²) < 4.78 is 50.7. The fourth-order valence-electron chi connectivity index (χ4n) is 11.3. The van der Waals surface area contributed by atoms with Gasteiger partial charge in [0.25, 0.3) is 0 Å². The summed E-state index contributed by atoms with van der Waals surface area (Å²) >= 11 is 0. The number of aromatic hydroxyl groups is 1. The fraction of sp³-hybridized carbons (Fsp3) is 0.578. The van der Waals surface area contributed by atoms with E-state index in [9.17, 15) is 10.2 Å². The zero-order valence-corrected chi connectivity index (χ0v) is 33.1. The molecule has 3 saturated heterocycles. The Labute approximate surface area is 332 Å². The van der Waals surface area contributed by atoms with E-state index in [0.717, 1.165) is 51.9 Å². The Morgan fingerprint density at radius 1 is 0.947 bits per heavy atom. The molecule has 302 valence electrons. The Kier molecular flexibility index (Phi) is 9.93. The lowest BCUT2D eigenvalue weighted by atomic mass is 9.66. The van der Waals surface area contributed by atoms with Crippen molar-refractivity contribution in [1.29, 1.82) is 0 Å². The van der Waals surface area contributed by atoms with Gasteiger partial charge < -0.3 is 29.3 Å². The minimum Gasteiger partial charge on any atom is -0.508 e. The Balaban J connectivity index is 1.10. The number of anilines is 1. The van der Waals surface area contributed by atoms with E-state index in [2.05, 4.69) is 15.8 Å². The third kappa shape index (κ3) is 6.83. The van der Waals surface area contributed by atoms with Gasteiger partial charge in [-0.2, -0.15) is 9.97 Å². The van der Waals surface area contributed by atoms with Crippen LogP contribution in [-0.2, 0) is 4.74 Å². The minimum absolute atomic E-state index is 0.0354. The number of hydrogen-bond donors (Lipinski definition) is 2. The maximum Gasteiger partial charge on any atom is 0.319 e. The lowest BCUT2D eigenvalue weighted by molar-refractivity contribution is -0.0574. The van der Waals surface area contributed by atoms with Gasteiger partial charge in [0.05, 0.1) is 24.9 Å². The maximum atomic E-state index is 17.4. The number of β-amino-alcohol motifs (C(OH)–C–C–N with tert-alkyl or cyclic N) is 1. The summed E-state index contributed by atoms with van der Waals surface area (Å²) in [7, 11) is 1.43. The molecule has 5 aliphatic rings. The van der Waals surface area contributed by atoms with Crippen molar-refractivity contribution in [3.05, 3.63) is 41.5 Å². The quantitative estimate of drug-likeness (QED) is 0.179. The van der Waals surface area contributed by atoms with Gasteiger partial charge in [0.2, 0.25) is 5.88 Å². The summed E-state index contributed by atoms with van der Waals surface area (Å²) in [6, 6.07) is 6.48. The standard InChI is InChI=1S/C45H53F2N5O5/c1-4-31-33(46)10-9-28-24-30(53)25-32(35(28)31)38-37(47)39-36(41(48-38)55-3)40(51-20-6-13-43(2,54)26-51)50-42(49-39)57-27-45-14-5-8-34(45)52(21-7-15-45)29-11-16-44(17-12-29)18-22-56-23-19-44/h1,9-10,24-25,29,34,53-54H,5-8,11-23,26-27H2,2-3H3/t34-,43-,45-/m1/s1. The Bertz CT molecular complexity index is 2230. The number of phenolic OH excluding ortho intramolecular Hbond substituents is 1. The van der Waals surface area contributed by atoms with Crippen LogP contribution >= 0.6 is 0 Å². The molecule has 2 N–H and O–H groups in total. The lowest BCUT2D eigenvalue weighted by Crippen LogP contribution is -2.56. The second-order valence-electron chi connectivity index (χ2n) is 17.8. The van der Waals surface area contributed by atoms with Crippen LogP contribution in [0.25, 0.3) is 32.9 Å². The van der Waals surface area contributed by atoms with Crippen molar-refractivity contribution in [3.63, 3.8) is 0 Å². The van der Waals surface area contributed by atoms with Gasteiger partial charge >= 0.3 is 6.01 Å². The number of aromatic nitrogens is 3. The maximum absolute atomic E-state index is 17.4. The van der Waals surface area contributed by atoms with Gasteiger partial charge in [-0.15, -0.1) is 6.42 Å². The van der Waals surface area contributed by atoms with E-state index >= 15 is 8.78 Å². The highest BCUT2D eigenvalue weighted by Gasteiger charge is 2.51. The van der Waals surface area contributed by atoms with Crippen LogP contribution in [0.3, 0.4) is 0 Å². The molecule has 1 spiro atoms. The van der Waals surface area contributed by atoms with Crippen LogP contribution in [0.5, 0.6) is 17.6 Å². The highest BCUT2D eigenvalue weighted by molar-refractivity contribution is 6.04. The molecular formula is C45H53F2N5O5. The Morgan fingerprint density at radius 3 is 2.47 bits per heavy atom. The van der Waals surface area contributed by atoms with Crippen LogP contribution < -0.4 is 14.4 Å². The minimum atomic E-state index is -1.00. The smallest absolute Gasteiger partial charge is 0.319 e. The van der Waals surface area contributed by atoms with Crippen molar-refractivity contribution in [2.24, 2.45) is 10.8 Å². The van der Waals surface area contributed by atoms with E-state index in [4.69, 9.17) is 30.6 Å². The molecule has 3 aliphatic heterocycles. The largest absolute Gasteiger partial charge is 0.508 e. The van der Waals surface area contributed by atoms with E-state index in [0.29, 0.717) is 54.7 Å². The monoisotopic (exact) mass is 781 g/mol. The molecule has 2 aromatic heterocycles. The van der Waals surface area contributed by atoms with Gasteiger partial charge in [-0.3, -0.25) is 4.90 Å². The molecule has 9 rings (SSSR count). The molecule has 0 amide bonds.